The number of halogens is 1. The minimum absolute atomic E-state index is 0.0313. The van der Waals surface area contributed by atoms with Crippen LogP contribution in [0.5, 0.6) is 0 Å². The minimum Gasteiger partial charge on any atom is -0.294 e. The van der Waals surface area contributed by atoms with E-state index in [2.05, 4.69) is 5.18 Å². The molecular formula is C11H10FNO3. The predicted molar refractivity (Wildman–Crippen MR) is 55.4 cm³/mol. The van der Waals surface area contributed by atoms with Crippen LogP contribution in [0.4, 0.5) is 4.39 Å². The molecule has 1 rings (SSSR count). The topological polar surface area (TPSA) is 63.6 Å². The van der Waals surface area contributed by atoms with Gasteiger partial charge in [-0.1, -0.05) is 0 Å². The highest BCUT2D eigenvalue weighted by Gasteiger charge is 2.07. The summed E-state index contributed by atoms with van der Waals surface area (Å²) in [5.41, 5.74) is 0.396. The summed E-state index contributed by atoms with van der Waals surface area (Å²) in [7, 11) is 0. The number of Topliss-reactive ketones (excluding diaryl/α,β-unsaturated/α-hetero) is 1. The van der Waals surface area contributed by atoms with Gasteiger partial charge in [0.15, 0.2) is 5.78 Å². The maximum atomic E-state index is 12.6. The molecule has 0 heterocycles. The van der Waals surface area contributed by atoms with Gasteiger partial charge < -0.3 is 0 Å². The first-order valence-electron chi connectivity index (χ1n) is 4.78. The van der Waals surface area contributed by atoms with Crippen molar-refractivity contribution >= 4 is 11.7 Å². The van der Waals surface area contributed by atoms with E-state index in [1.165, 1.54) is 24.3 Å². The molecule has 4 nitrogen and oxygen atoms in total. The Morgan fingerprint density at radius 2 is 1.75 bits per heavy atom. The molecule has 0 aliphatic carbocycles. The molecule has 16 heavy (non-hydrogen) atoms. The lowest BCUT2D eigenvalue weighted by molar-refractivity contribution is -0.118. The Morgan fingerprint density at radius 1 is 1.12 bits per heavy atom. The Bertz CT molecular complexity index is 400. The maximum Gasteiger partial charge on any atom is 0.286 e. The van der Waals surface area contributed by atoms with E-state index >= 15 is 0 Å². The molecule has 0 aromatic heterocycles. The fourth-order valence-corrected chi connectivity index (χ4v) is 1.23. The third-order valence-corrected chi connectivity index (χ3v) is 2.06. The second kappa shape index (κ2) is 5.85. The van der Waals surface area contributed by atoms with Crippen molar-refractivity contribution in [1.29, 1.82) is 0 Å². The molecule has 5 heteroatoms. The van der Waals surface area contributed by atoms with E-state index in [1.54, 1.807) is 0 Å². The Labute approximate surface area is 91.4 Å². The molecule has 1 aromatic carbocycles. The summed E-state index contributed by atoms with van der Waals surface area (Å²) in [6.45, 7) is 0. The van der Waals surface area contributed by atoms with Crippen molar-refractivity contribution in [2.24, 2.45) is 5.18 Å². The lowest BCUT2D eigenvalue weighted by atomic mass is 10.1. The SMILES string of the molecule is O=NC(=O)CCCC(=O)c1ccc(F)cc1. The average molecular weight is 223 g/mol. The average Bonchev–Trinajstić information content (AvgIpc) is 2.29. The van der Waals surface area contributed by atoms with Crippen LogP contribution in [0.1, 0.15) is 29.6 Å². The summed E-state index contributed by atoms with van der Waals surface area (Å²) in [5, 5.41) is 2.22. The Hall–Kier alpha value is -1.91. The van der Waals surface area contributed by atoms with Crippen molar-refractivity contribution in [2.45, 2.75) is 19.3 Å². The number of carbonyl (C=O) groups excluding carboxylic acids is 2. The number of amides is 1. The molecular weight excluding hydrogens is 213 g/mol. The summed E-state index contributed by atoms with van der Waals surface area (Å²) in [6.07, 6.45) is 0.393. The summed E-state index contributed by atoms with van der Waals surface area (Å²) >= 11 is 0. The van der Waals surface area contributed by atoms with E-state index in [0.29, 0.717) is 5.56 Å². The molecule has 0 N–H and O–H groups in total. The lowest BCUT2D eigenvalue weighted by Crippen LogP contribution is -2.01. The summed E-state index contributed by atoms with van der Waals surface area (Å²) in [5.74, 6) is -1.34. The predicted octanol–water partition coefficient (Wildman–Crippen LogP) is 2.47. The molecule has 0 saturated carbocycles. The van der Waals surface area contributed by atoms with E-state index in [0.717, 1.165) is 0 Å². The van der Waals surface area contributed by atoms with Crippen LogP contribution in [-0.2, 0) is 4.79 Å². The van der Waals surface area contributed by atoms with Gasteiger partial charge >= 0.3 is 0 Å². The third-order valence-electron chi connectivity index (χ3n) is 2.06. The van der Waals surface area contributed by atoms with Gasteiger partial charge in [-0.3, -0.25) is 9.59 Å². The van der Waals surface area contributed by atoms with Crippen molar-refractivity contribution in [3.05, 3.63) is 40.6 Å². The molecule has 0 atom stereocenters. The Balaban J connectivity index is 2.44. The van der Waals surface area contributed by atoms with Crippen LogP contribution in [0.3, 0.4) is 0 Å². The number of hydrogen-bond donors (Lipinski definition) is 0. The second-order valence-corrected chi connectivity index (χ2v) is 3.27. The molecule has 0 aliphatic heterocycles. The van der Waals surface area contributed by atoms with Gasteiger partial charge in [0.05, 0.1) is 0 Å². The zero-order valence-electron chi connectivity index (χ0n) is 8.48. The number of hydrogen-bond acceptors (Lipinski definition) is 3. The third kappa shape index (κ3) is 3.68. The maximum absolute atomic E-state index is 12.6. The molecule has 0 fully saturated rings. The molecule has 0 radical (unpaired) electrons. The number of rotatable bonds is 5. The van der Waals surface area contributed by atoms with Crippen LogP contribution in [0, 0.1) is 10.7 Å². The molecule has 1 aromatic rings. The fourth-order valence-electron chi connectivity index (χ4n) is 1.23. The van der Waals surface area contributed by atoms with Gasteiger partial charge in [-0.15, -0.1) is 4.91 Å². The van der Waals surface area contributed by atoms with Crippen LogP contribution in [0.15, 0.2) is 29.4 Å². The van der Waals surface area contributed by atoms with Crippen molar-refractivity contribution in [2.75, 3.05) is 0 Å². The van der Waals surface area contributed by atoms with E-state index < -0.39 is 11.7 Å². The van der Waals surface area contributed by atoms with Crippen molar-refractivity contribution in [3.8, 4) is 0 Å². The smallest absolute Gasteiger partial charge is 0.286 e. The van der Waals surface area contributed by atoms with Crippen molar-refractivity contribution in [1.82, 2.24) is 0 Å². The Kier molecular flexibility index (Phi) is 4.44. The molecule has 0 spiro atoms. The van der Waals surface area contributed by atoms with Gasteiger partial charge in [-0.2, -0.15) is 0 Å². The number of carbonyl (C=O) groups is 2. The van der Waals surface area contributed by atoms with E-state index in [1.807, 2.05) is 0 Å². The van der Waals surface area contributed by atoms with Crippen LogP contribution in [-0.4, -0.2) is 11.7 Å². The highest BCUT2D eigenvalue weighted by Crippen LogP contribution is 2.08. The van der Waals surface area contributed by atoms with Gasteiger partial charge in [0, 0.05) is 23.6 Å². The quantitative estimate of drug-likeness (QED) is 0.569. The van der Waals surface area contributed by atoms with E-state index in [9.17, 15) is 18.9 Å². The second-order valence-electron chi connectivity index (χ2n) is 3.27. The first kappa shape index (κ1) is 12.2. The molecule has 1 amide bonds. The van der Waals surface area contributed by atoms with Gasteiger partial charge in [-0.05, 0) is 30.7 Å². The molecule has 0 saturated heterocycles. The largest absolute Gasteiger partial charge is 0.294 e. The first-order chi connectivity index (χ1) is 7.63. The lowest BCUT2D eigenvalue weighted by Gasteiger charge is -1.99. The number of benzene rings is 1. The summed E-state index contributed by atoms with van der Waals surface area (Å²) in [4.78, 5) is 31.8. The van der Waals surface area contributed by atoms with E-state index in [-0.39, 0.29) is 25.0 Å². The Morgan fingerprint density at radius 3 is 2.31 bits per heavy atom. The number of nitrogens with zero attached hydrogens (tertiary/aromatic N) is 1. The minimum atomic E-state index is -0.757. The standard InChI is InChI=1S/C11H10FNO3/c12-9-6-4-8(5-7-9)10(14)2-1-3-11(15)13-16/h4-7H,1-3H2. The van der Waals surface area contributed by atoms with Crippen LogP contribution in [0.25, 0.3) is 0 Å². The molecule has 0 unspecified atom stereocenters. The normalized spacial score (nSPS) is 9.81. The zero-order chi connectivity index (χ0) is 12.0. The monoisotopic (exact) mass is 223 g/mol. The molecule has 0 bridgehead atoms. The van der Waals surface area contributed by atoms with E-state index in [4.69, 9.17) is 0 Å². The summed E-state index contributed by atoms with van der Waals surface area (Å²) < 4.78 is 12.6. The first-order valence-corrected chi connectivity index (χ1v) is 4.78. The van der Waals surface area contributed by atoms with Gasteiger partial charge in [0.2, 0.25) is 0 Å². The molecule has 0 aliphatic rings. The van der Waals surface area contributed by atoms with Gasteiger partial charge in [0.1, 0.15) is 5.82 Å². The van der Waals surface area contributed by atoms with Gasteiger partial charge in [-0.25, -0.2) is 4.39 Å². The number of ketones is 1. The van der Waals surface area contributed by atoms with Crippen LogP contribution in [0.2, 0.25) is 0 Å². The van der Waals surface area contributed by atoms with Crippen LogP contribution >= 0.6 is 0 Å². The van der Waals surface area contributed by atoms with Crippen molar-refractivity contribution in [3.63, 3.8) is 0 Å². The fraction of sp³-hybridized carbons (Fsp3) is 0.273. The summed E-state index contributed by atoms with van der Waals surface area (Å²) in [6, 6.07) is 5.17. The highest BCUT2D eigenvalue weighted by atomic mass is 19.1. The van der Waals surface area contributed by atoms with Gasteiger partial charge in [0.25, 0.3) is 5.91 Å². The van der Waals surface area contributed by atoms with Crippen molar-refractivity contribution < 1.29 is 14.0 Å². The van der Waals surface area contributed by atoms with Crippen LogP contribution < -0.4 is 0 Å². The highest BCUT2D eigenvalue weighted by molar-refractivity contribution is 5.96. The molecule has 84 valence electrons. The number of nitroso groups, excluding NO2 is 1. The zero-order valence-corrected chi connectivity index (χ0v) is 8.48.